The third-order valence-corrected chi connectivity index (χ3v) is 1.57. The molecule has 0 atom stereocenters. The van der Waals surface area contributed by atoms with Crippen LogP contribution < -0.4 is 0 Å². The maximum absolute atomic E-state index is 4.73. The minimum atomic E-state index is 0.529. The van der Waals surface area contributed by atoms with Crippen molar-refractivity contribution in [3.05, 3.63) is 42.5 Å². The first-order valence-electron chi connectivity index (χ1n) is 4.97. The average molecular weight is 225 g/mol. The molecular formula is C12H19NO3. The van der Waals surface area contributed by atoms with Crippen LogP contribution in [0.15, 0.2) is 36.9 Å². The molecule has 0 aliphatic heterocycles. The molecule has 0 spiro atoms. The highest BCUT2D eigenvalue weighted by Crippen LogP contribution is 1.97. The Bertz CT molecular complexity index is 260. The predicted octanol–water partition coefficient (Wildman–Crippen LogP) is 2.69. The molecule has 1 aromatic carbocycles. The van der Waals surface area contributed by atoms with Crippen molar-refractivity contribution >= 4 is 6.08 Å². The SMILES string of the molecule is C=Cc1ccccc1.CCON(OC)OC. The molecule has 0 amide bonds. The van der Waals surface area contributed by atoms with Crippen molar-refractivity contribution in [2.45, 2.75) is 6.92 Å². The molecule has 1 rings (SSSR count). The summed E-state index contributed by atoms with van der Waals surface area (Å²) in [5.41, 5.74) is 1.17. The lowest BCUT2D eigenvalue weighted by atomic mass is 10.2. The van der Waals surface area contributed by atoms with E-state index in [1.807, 2.05) is 43.3 Å². The van der Waals surface area contributed by atoms with E-state index >= 15 is 0 Å². The normalized spacial score (nSPS) is 9.50. The molecule has 0 aromatic heterocycles. The topological polar surface area (TPSA) is 30.9 Å². The molecule has 90 valence electrons. The van der Waals surface area contributed by atoms with Crippen molar-refractivity contribution in [2.75, 3.05) is 20.8 Å². The van der Waals surface area contributed by atoms with Gasteiger partial charge in [0.25, 0.3) is 0 Å². The van der Waals surface area contributed by atoms with Crippen LogP contribution in [0.5, 0.6) is 0 Å². The van der Waals surface area contributed by atoms with Gasteiger partial charge in [0.05, 0.1) is 26.2 Å². The van der Waals surface area contributed by atoms with E-state index in [-0.39, 0.29) is 0 Å². The molecule has 0 radical (unpaired) electrons. The molecule has 16 heavy (non-hydrogen) atoms. The van der Waals surface area contributed by atoms with Crippen molar-refractivity contribution in [3.8, 4) is 0 Å². The molecule has 4 heteroatoms. The molecule has 0 unspecified atom stereocenters. The number of rotatable bonds is 5. The Kier molecular flexibility index (Phi) is 9.55. The quantitative estimate of drug-likeness (QED) is 0.721. The maximum atomic E-state index is 4.73. The summed E-state index contributed by atoms with van der Waals surface area (Å²) >= 11 is 0. The van der Waals surface area contributed by atoms with Crippen LogP contribution in [0.1, 0.15) is 12.5 Å². The van der Waals surface area contributed by atoms with E-state index in [2.05, 4.69) is 16.3 Å². The molecule has 0 heterocycles. The van der Waals surface area contributed by atoms with Crippen molar-refractivity contribution < 1.29 is 14.5 Å². The number of hydrogen-bond donors (Lipinski definition) is 0. The molecule has 0 saturated carbocycles. The van der Waals surface area contributed by atoms with Crippen LogP contribution in [0.25, 0.3) is 6.08 Å². The smallest absolute Gasteiger partial charge is 0.0761 e. The lowest BCUT2D eigenvalue weighted by Crippen LogP contribution is -2.20. The Hall–Kier alpha value is -1.20. The molecule has 0 fully saturated rings. The third kappa shape index (κ3) is 7.14. The summed E-state index contributed by atoms with van der Waals surface area (Å²) in [6.07, 6.45) is 1.83. The second kappa shape index (κ2) is 10.3. The van der Waals surface area contributed by atoms with Gasteiger partial charge in [0.2, 0.25) is 0 Å². The van der Waals surface area contributed by atoms with E-state index in [1.165, 1.54) is 19.8 Å². The van der Waals surface area contributed by atoms with Crippen LogP contribution in [0.2, 0.25) is 0 Å². The van der Waals surface area contributed by atoms with E-state index in [0.29, 0.717) is 6.61 Å². The summed E-state index contributed by atoms with van der Waals surface area (Å²) in [4.78, 5) is 13.8. The molecule has 0 N–H and O–H groups in total. The van der Waals surface area contributed by atoms with Gasteiger partial charge in [-0.25, -0.2) is 0 Å². The highest BCUT2D eigenvalue weighted by atomic mass is 17.2. The number of nitrogens with zero attached hydrogens (tertiary/aromatic N) is 1. The van der Waals surface area contributed by atoms with Crippen LogP contribution >= 0.6 is 0 Å². The van der Waals surface area contributed by atoms with Crippen LogP contribution in [0.3, 0.4) is 0 Å². The van der Waals surface area contributed by atoms with E-state index in [9.17, 15) is 0 Å². The monoisotopic (exact) mass is 225 g/mol. The zero-order valence-corrected chi connectivity index (χ0v) is 10.1. The summed E-state index contributed by atoms with van der Waals surface area (Å²) < 4.78 is 0. The third-order valence-electron chi connectivity index (χ3n) is 1.57. The van der Waals surface area contributed by atoms with Gasteiger partial charge in [-0.05, 0) is 12.5 Å². The minimum Gasteiger partial charge on any atom is -0.254 e. The molecule has 0 bridgehead atoms. The molecule has 0 aliphatic carbocycles. The van der Waals surface area contributed by atoms with Crippen molar-refractivity contribution in [2.24, 2.45) is 0 Å². The summed E-state index contributed by atoms with van der Waals surface area (Å²) in [6, 6.07) is 10.0. The van der Waals surface area contributed by atoms with Crippen LogP contribution in [-0.4, -0.2) is 26.2 Å². The van der Waals surface area contributed by atoms with Gasteiger partial charge in [-0.2, -0.15) is 0 Å². The molecule has 0 aliphatic rings. The largest absolute Gasteiger partial charge is 0.254 e. The fourth-order valence-corrected chi connectivity index (χ4v) is 0.874. The molecule has 1 aromatic rings. The van der Waals surface area contributed by atoms with Crippen molar-refractivity contribution in [1.29, 1.82) is 0 Å². The standard InChI is InChI=1S/C8H8.C4H11NO3/c1-2-8-6-4-3-5-7-8;1-4-8-5(6-2)7-3/h2-7H,1H2;4H2,1-3H3. The minimum absolute atomic E-state index is 0.529. The Balaban J connectivity index is 0.000000281. The van der Waals surface area contributed by atoms with Gasteiger partial charge in [-0.15, -0.1) is 0 Å². The predicted molar refractivity (Wildman–Crippen MR) is 64.0 cm³/mol. The highest BCUT2D eigenvalue weighted by molar-refractivity contribution is 5.45. The van der Waals surface area contributed by atoms with Gasteiger partial charge in [-0.3, -0.25) is 14.5 Å². The Morgan fingerprint density at radius 2 is 1.75 bits per heavy atom. The van der Waals surface area contributed by atoms with E-state index in [1.54, 1.807) is 0 Å². The summed E-state index contributed by atoms with van der Waals surface area (Å²) in [7, 11) is 2.92. The highest BCUT2D eigenvalue weighted by Gasteiger charge is 1.95. The zero-order chi connectivity index (χ0) is 12.2. The first-order valence-corrected chi connectivity index (χ1v) is 4.97. The second-order valence-corrected chi connectivity index (χ2v) is 2.62. The van der Waals surface area contributed by atoms with Gasteiger partial charge in [0, 0.05) is 0 Å². The maximum Gasteiger partial charge on any atom is 0.0761 e. The van der Waals surface area contributed by atoms with Gasteiger partial charge in [0.15, 0.2) is 0 Å². The number of hydrogen-bond acceptors (Lipinski definition) is 4. The number of benzene rings is 1. The summed E-state index contributed by atoms with van der Waals surface area (Å²) in [6.45, 7) is 6.00. The zero-order valence-electron chi connectivity index (χ0n) is 10.1. The van der Waals surface area contributed by atoms with E-state index in [4.69, 9.17) is 4.84 Å². The van der Waals surface area contributed by atoms with Crippen LogP contribution in [0.4, 0.5) is 0 Å². The Labute approximate surface area is 96.9 Å². The lowest BCUT2D eigenvalue weighted by molar-refractivity contribution is -0.509. The Morgan fingerprint density at radius 1 is 1.19 bits per heavy atom. The summed E-state index contributed by atoms with van der Waals surface area (Å²) in [5, 5.41) is 0.931. The first kappa shape index (κ1) is 14.8. The van der Waals surface area contributed by atoms with E-state index < -0.39 is 0 Å². The van der Waals surface area contributed by atoms with Crippen molar-refractivity contribution in [1.82, 2.24) is 5.39 Å². The fraction of sp³-hybridized carbons (Fsp3) is 0.333. The average Bonchev–Trinajstić information content (AvgIpc) is 2.37. The van der Waals surface area contributed by atoms with Gasteiger partial charge >= 0.3 is 0 Å². The molecule has 0 saturated heterocycles. The van der Waals surface area contributed by atoms with Crippen molar-refractivity contribution in [3.63, 3.8) is 0 Å². The Morgan fingerprint density at radius 3 is 2.00 bits per heavy atom. The summed E-state index contributed by atoms with van der Waals surface area (Å²) in [5.74, 6) is 0. The molecular weight excluding hydrogens is 206 g/mol. The van der Waals surface area contributed by atoms with Crippen LogP contribution in [-0.2, 0) is 14.5 Å². The van der Waals surface area contributed by atoms with Gasteiger partial charge in [-0.1, -0.05) is 43.0 Å². The second-order valence-electron chi connectivity index (χ2n) is 2.62. The van der Waals surface area contributed by atoms with Crippen LogP contribution in [0, 0.1) is 0 Å². The van der Waals surface area contributed by atoms with Gasteiger partial charge in [0.1, 0.15) is 0 Å². The molecule has 4 nitrogen and oxygen atoms in total. The first-order chi connectivity index (χ1) is 7.78. The van der Waals surface area contributed by atoms with E-state index in [0.717, 1.165) is 5.39 Å². The van der Waals surface area contributed by atoms with Gasteiger partial charge < -0.3 is 0 Å². The fourth-order valence-electron chi connectivity index (χ4n) is 0.874. The lowest BCUT2D eigenvalue weighted by Gasteiger charge is -2.12.